The van der Waals surface area contributed by atoms with Crippen molar-refractivity contribution in [1.82, 2.24) is 5.32 Å². The zero-order valence-electron chi connectivity index (χ0n) is 8.59. The molecule has 0 heterocycles. The van der Waals surface area contributed by atoms with Crippen molar-refractivity contribution >= 4 is 11.9 Å². The van der Waals surface area contributed by atoms with Gasteiger partial charge < -0.3 is 10.1 Å². The van der Waals surface area contributed by atoms with Gasteiger partial charge in [0.05, 0.1) is 7.11 Å². The molecule has 0 aliphatic rings. The molecule has 0 saturated carbocycles. The first kappa shape index (κ1) is 11.9. The van der Waals surface area contributed by atoms with Crippen molar-refractivity contribution in [2.45, 2.75) is 33.2 Å². The second-order valence-electron chi connectivity index (χ2n) is 3.22. The van der Waals surface area contributed by atoms with Gasteiger partial charge in [0.15, 0.2) is 0 Å². The second-order valence-corrected chi connectivity index (χ2v) is 3.22. The molecule has 0 fully saturated rings. The van der Waals surface area contributed by atoms with Gasteiger partial charge in [-0.1, -0.05) is 20.8 Å². The highest BCUT2D eigenvalue weighted by Crippen LogP contribution is 2.04. The van der Waals surface area contributed by atoms with E-state index in [9.17, 15) is 9.59 Å². The van der Waals surface area contributed by atoms with Crippen molar-refractivity contribution in [3.8, 4) is 0 Å². The van der Waals surface area contributed by atoms with Crippen LogP contribution in [0.1, 0.15) is 27.2 Å². The molecule has 76 valence electrons. The molecule has 0 aliphatic carbocycles. The number of methoxy groups -OCH3 is 1. The van der Waals surface area contributed by atoms with Crippen LogP contribution in [0.25, 0.3) is 0 Å². The summed E-state index contributed by atoms with van der Waals surface area (Å²) in [6, 6.07) is 0.0339. The van der Waals surface area contributed by atoms with Crippen LogP contribution in [0.4, 0.5) is 0 Å². The zero-order chi connectivity index (χ0) is 10.4. The third-order valence-electron chi connectivity index (χ3n) is 1.93. The highest BCUT2D eigenvalue weighted by atomic mass is 16.5. The predicted octanol–water partition coefficient (Wildman–Crippen LogP) is 0.710. The van der Waals surface area contributed by atoms with E-state index < -0.39 is 11.9 Å². The summed E-state index contributed by atoms with van der Waals surface area (Å²) in [5.74, 6) is -1.18. The third kappa shape index (κ3) is 3.92. The molecule has 0 aliphatic heterocycles. The average Bonchev–Trinajstić information content (AvgIpc) is 2.11. The number of hydrogen-bond acceptors (Lipinski definition) is 3. The fourth-order valence-electron chi connectivity index (χ4n) is 1.06. The molecule has 0 rings (SSSR count). The summed E-state index contributed by atoms with van der Waals surface area (Å²) in [6.45, 7) is 5.94. The Morgan fingerprint density at radius 3 is 2.23 bits per heavy atom. The Hall–Kier alpha value is -1.06. The van der Waals surface area contributed by atoms with E-state index in [-0.39, 0.29) is 6.04 Å². The Labute approximate surface area is 78.6 Å². The van der Waals surface area contributed by atoms with Crippen molar-refractivity contribution < 1.29 is 14.3 Å². The van der Waals surface area contributed by atoms with E-state index in [2.05, 4.69) is 10.1 Å². The van der Waals surface area contributed by atoms with Gasteiger partial charge in [-0.3, -0.25) is 4.79 Å². The van der Waals surface area contributed by atoms with Crippen molar-refractivity contribution in [3.63, 3.8) is 0 Å². The van der Waals surface area contributed by atoms with Crippen LogP contribution in [-0.4, -0.2) is 25.0 Å². The van der Waals surface area contributed by atoms with Gasteiger partial charge in [0.1, 0.15) is 0 Å². The molecule has 1 atom stereocenters. The molecule has 0 aromatic heterocycles. The first-order valence-electron chi connectivity index (χ1n) is 4.41. The topological polar surface area (TPSA) is 55.4 Å². The average molecular weight is 187 g/mol. The van der Waals surface area contributed by atoms with E-state index in [1.165, 1.54) is 7.11 Å². The van der Waals surface area contributed by atoms with E-state index in [4.69, 9.17) is 0 Å². The van der Waals surface area contributed by atoms with Crippen LogP contribution in [0.15, 0.2) is 0 Å². The van der Waals surface area contributed by atoms with Crippen LogP contribution in [0.5, 0.6) is 0 Å². The summed E-state index contributed by atoms with van der Waals surface area (Å²) < 4.78 is 4.29. The monoisotopic (exact) mass is 187 g/mol. The number of carbonyl (C=O) groups is 2. The molecule has 0 aromatic carbocycles. The largest absolute Gasteiger partial charge is 0.462 e. The van der Waals surface area contributed by atoms with Crippen molar-refractivity contribution in [2.75, 3.05) is 7.11 Å². The van der Waals surface area contributed by atoms with Crippen LogP contribution < -0.4 is 5.32 Å². The normalized spacial score (nSPS) is 12.4. The lowest BCUT2D eigenvalue weighted by Crippen LogP contribution is -2.42. The molecule has 1 unspecified atom stereocenters. The van der Waals surface area contributed by atoms with Gasteiger partial charge >= 0.3 is 11.9 Å². The number of rotatable bonds is 3. The molecule has 4 nitrogen and oxygen atoms in total. The Bertz CT molecular complexity index is 189. The van der Waals surface area contributed by atoms with E-state index in [1.54, 1.807) is 0 Å². The lowest BCUT2D eigenvalue weighted by molar-refractivity contribution is -0.153. The van der Waals surface area contributed by atoms with Crippen molar-refractivity contribution in [2.24, 2.45) is 5.92 Å². The van der Waals surface area contributed by atoms with Crippen LogP contribution in [0.2, 0.25) is 0 Å². The fraction of sp³-hybridized carbons (Fsp3) is 0.778. The van der Waals surface area contributed by atoms with Crippen LogP contribution in [0.3, 0.4) is 0 Å². The van der Waals surface area contributed by atoms with Gasteiger partial charge in [-0.05, 0) is 12.3 Å². The maximum absolute atomic E-state index is 11.1. The highest BCUT2D eigenvalue weighted by molar-refractivity contribution is 6.32. The summed E-state index contributed by atoms with van der Waals surface area (Å²) >= 11 is 0. The summed E-state index contributed by atoms with van der Waals surface area (Å²) in [5.41, 5.74) is 0. The number of esters is 1. The summed E-state index contributed by atoms with van der Waals surface area (Å²) in [5, 5.41) is 2.60. The van der Waals surface area contributed by atoms with Gasteiger partial charge in [0.2, 0.25) is 0 Å². The number of ether oxygens (including phenoxy) is 1. The SMILES string of the molecule is CCC(NC(=O)C(=O)OC)C(C)C. The molecule has 1 N–H and O–H groups in total. The van der Waals surface area contributed by atoms with E-state index >= 15 is 0 Å². The first-order valence-corrected chi connectivity index (χ1v) is 4.41. The third-order valence-corrected chi connectivity index (χ3v) is 1.93. The van der Waals surface area contributed by atoms with Gasteiger partial charge in [0, 0.05) is 6.04 Å². The molecule has 0 bridgehead atoms. The van der Waals surface area contributed by atoms with Crippen molar-refractivity contribution in [3.05, 3.63) is 0 Å². The maximum atomic E-state index is 11.1. The van der Waals surface area contributed by atoms with E-state index in [1.807, 2.05) is 20.8 Å². The molecule has 1 amide bonds. The Kier molecular flexibility index (Phi) is 5.11. The molecule has 0 radical (unpaired) electrons. The number of hydrogen-bond donors (Lipinski definition) is 1. The Morgan fingerprint density at radius 1 is 1.38 bits per heavy atom. The van der Waals surface area contributed by atoms with Gasteiger partial charge in [0.25, 0.3) is 0 Å². The second kappa shape index (κ2) is 5.56. The number of carbonyl (C=O) groups excluding carboxylic acids is 2. The smallest absolute Gasteiger partial charge is 0.396 e. The molecule has 13 heavy (non-hydrogen) atoms. The standard InChI is InChI=1S/C9H17NO3/c1-5-7(6(2)3)10-8(11)9(12)13-4/h6-7H,5H2,1-4H3,(H,10,11). The lowest BCUT2D eigenvalue weighted by Gasteiger charge is -2.19. The molecule has 0 aromatic rings. The molecular formula is C9H17NO3. The Morgan fingerprint density at radius 2 is 1.92 bits per heavy atom. The molecule has 0 spiro atoms. The minimum Gasteiger partial charge on any atom is -0.462 e. The van der Waals surface area contributed by atoms with Crippen LogP contribution in [-0.2, 0) is 14.3 Å². The first-order chi connectivity index (χ1) is 6.02. The quantitative estimate of drug-likeness (QED) is 0.523. The van der Waals surface area contributed by atoms with Crippen molar-refractivity contribution in [1.29, 1.82) is 0 Å². The predicted molar refractivity (Wildman–Crippen MR) is 49.1 cm³/mol. The lowest BCUT2D eigenvalue weighted by atomic mass is 10.0. The van der Waals surface area contributed by atoms with E-state index in [0.29, 0.717) is 5.92 Å². The Balaban J connectivity index is 4.09. The van der Waals surface area contributed by atoms with Crippen LogP contribution >= 0.6 is 0 Å². The maximum Gasteiger partial charge on any atom is 0.396 e. The van der Waals surface area contributed by atoms with E-state index in [0.717, 1.165) is 6.42 Å². The summed E-state index contributed by atoms with van der Waals surface area (Å²) in [7, 11) is 1.19. The minimum atomic E-state index is -0.834. The van der Waals surface area contributed by atoms with Gasteiger partial charge in [-0.15, -0.1) is 0 Å². The minimum absolute atomic E-state index is 0.0339. The fourth-order valence-corrected chi connectivity index (χ4v) is 1.06. The number of amides is 1. The molecule has 0 saturated heterocycles. The number of nitrogens with one attached hydrogen (secondary N) is 1. The highest BCUT2D eigenvalue weighted by Gasteiger charge is 2.19. The summed E-state index contributed by atoms with van der Waals surface area (Å²) in [6.07, 6.45) is 0.806. The molecular weight excluding hydrogens is 170 g/mol. The summed E-state index contributed by atoms with van der Waals surface area (Å²) in [4.78, 5) is 21.8. The van der Waals surface area contributed by atoms with Crippen LogP contribution in [0, 0.1) is 5.92 Å². The van der Waals surface area contributed by atoms with Gasteiger partial charge in [-0.2, -0.15) is 0 Å². The zero-order valence-corrected chi connectivity index (χ0v) is 8.59. The molecule has 4 heteroatoms. The van der Waals surface area contributed by atoms with Gasteiger partial charge in [-0.25, -0.2) is 4.79 Å².